The van der Waals surface area contributed by atoms with Gasteiger partial charge in [0, 0.05) is 31.2 Å². The van der Waals surface area contributed by atoms with Crippen molar-refractivity contribution in [2.45, 2.75) is 6.42 Å². The van der Waals surface area contributed by atoms with Gasteiger partial charge in [-0.2, -0.15) is 0 Å². The highest BCUT2D eigenvalue weighted by Crippen LogP contribution is 2.28. The number of amides is 2. The molecule has 140 valence electrons. The Balaban J connectivity index is 1.84. The van der Waals surface area contributed by atoms with Crippen LogP contribution in [-0.4, -0.2) is 30.4 Å². The number of nitrogens with zero attached hydrogens (tertiary/aromatic N) is 1. The van der Waals surface area contributed by atoms with Crippen molar-refractivity contribution in [2.75, 3.05) is 19.0 Å². The van der Waals surface area contributed by atoms with Gasteiger partial charge in [0.05, 0.1) is 17.7 Å². The van der Waals surface area contributed by atoms with Crippen LogP contribution in [0, 0.1) is 10.1 Å². The molecule has 0 aliphatic heterocycles. The summed E-state index contributed by atoms with van der Waals surface area (Å²) in [7, 11) is 1.40. The van der Waals surface area contributed by atoms with Crippen LogP contribution in [0.15, 0.2) is 54.6 Å². The maximum atomic E-state index is 12.0. The molecule has 0 unspecified atom stereocenters. The molecule has 8 nitrogen and oxygen atoms in total. The van der Waals surface area contributed by atoms with Crippen molar-refractivity contribution < 1.29 is 19.2 Å². The Kier molecular flexibility index (Phi) is 7.07. The highest BCUT2D eigenvalue weighted by Gasteiger charge is 2.13. The standard InChI is InChI=1S/C19H19N3O5/c1-27-17-9-8-15(22(25)26)13-16(17)21-19(24)11-12-20-18(23)10-7-14-5-3-2-4-6-14/h2-10,13H,11-12H2,1H3,(H,20,23)(H,21,24)/b10-7+. The van der Waals surface area contributed by atoms with Crippen LogP contribution in [0.25, 0.3) is 6.08 Å². The Morgan fingerprint density at radius 1 is 1.19 bits per heavy atom. The number of methoxy groups -OCH3 is 1. The molecule has 27 heavy (non-hydrogen) atoms. The fourth-order valence-corrected chi connectivity index (χ4v) is 2.21. The molecule has 2 aromatic carbocycles. The lowest BCUT2D eigenvalue weighted by Crippen LogP contribution is -2.26. The normalized spacial score (nSPS) is 10.4. The van der Waals surface area contributed by atoms with E-state index in [9.17, 15) is 19.7 Å². The van der Waals surface area contributed by atoms with E-state index in [2.05, 4.69) is 10.6 Å². The molecule has 0 aliphatic rings. The molecule has 8 heteroatoms. The summed E-state index contributed by atoms with van der Waals surface area (Å²) in [6, 6.07) is 13.3. The minimum atomic E-state index is -0.561. The van der Waals surface area contributed by atoms with E-state index in [1.54, 1.807) is 6.08 Å². The van der Waals surface area contributed by atoms with Crippen LogP contribution in [0.4, 0.5) is 11.4 Å². The van der Waals surface area contributed by atoms with E-state index in [0.717, 1.165) is 5.56 Å². The Labute approximate surface area is 156 Å². The van der Waals surface area contributed by atoms with Gasteiger partial charge in [0.1, 0.15) is 5.75 Å². The molecular weight excluding hydrogens is 350 g/mol. The number of non-ortho nitro benzene ring substituents is 1. The van der Waals surface area contributed by atoms with Crippen molar-refractivity contribution >= 4 is 29.3 Å². The van der Waals surface area contributed by atoms with Gasteiger partial charge in [-0.15, -0.1) is 0 Å². The Morgan fingerprint density at radius 2 is 1.93 bits per heavy atom. The van der Waals surface area contributed by atoms with E-state index in [-0.39, 0.29) is 30.2 Å². The zero-order valence-electron chi connectivity index (χ0n) is 14.7. The second-order valence-corrected chi connectivity index (χ2v) is 5.47. The summed E-state index contributed by atoms with van der Waals surface area (Å²) in [6.07, 6.45) is 3.07. The largest absolute Gasteiger partial charge is 0.495 e. The number of ether oxygens (including phenoxy) is 1. The van der Waals surface area contributed by atoms with Gasteiger partial charge in [0.15, 0.2) is 0 Å². The SMILES string of the molecule is COc1ccc([N+](=O)[O-])cc1NC(=O)CCNC(=O)/C=C/c1ccccc1. The molecule has 0 saturated heterocycles. The lowest BCUT2D eigenvalue weighted by Gasteiger charge is -2.10. The van der Waals surface area contributed by atoms with Gasteiger partial charge in [-0.05, 0) is 17.7 Å². The summed E-state index contributed by atoms with van der Waals surface area (Å²) in [5.41, 5.74) is 0.931. The minimum absolute atomic E-state index is 0.0107. The van der Waals surface area contributed by atoms with Gasteiger partial charge >= 0.3 is 0 Å². The lowest BCUT2D eigenvalue weighted by atomic mass is 10.2. The number of nitro groups is 1. The van der Waals surface area contributed by atoms with E-state index in [1.807, 2.05) is 30.3 Å². The average Bonchev–Trinajstić information content (AvgIpc) is 2.67. The summed E-state index contributed by atoms with van der Waals surface area (Å²) in [4.78, 5) is 34.1. The molecule has 0 fully saturated rings. The highest BCUT2D eigenvalue weighted by atomic mass is 16.6. The maximum Gasteiger partial charge on any atom is 0.271 e. The van der Waals surface area contributed by atoms with Crippen LogP contribution in [0.1, 0.15) is 12.0 Å². The summed E-state index contributed by atoms with van der Waals surface area (Å²) >= 11 is 0. The predicted molar refractivity (Wildman–Crippen MR) is 101 cm³/mol. The van der Waals surface area contributed by atoms with Crippen LogP contribution in [0.2, 0.25) is 0 Å². The van der Waals surface area contributed by atoms with Crippen molar-refractivity contribution in [2.24, 2.45) is 0 Å². The zero-order valence-corrected chi connectivity index (χ0v) is 14.7. The predicted octanol–water partition coefficient (Wildman–Crippen LogP) is 2.76. The highest BCUT2D eigenvalue weighted by molar-refractivity contribution is 5.94. The second-order valence-electron chi connectivity index (χ2n) is 5.47. The lowest BCUT2D eigenvalue weighted by molar-refractivity contribution is -0.384. The van der Waals surface area contributed by atoms with E-state index in [4.69, 9.17) is 4.74 Å². The molecule has 0 atom stereocenters. The number of hydrogen-bond donors (Lipinski definition) is 2. The molecule has 2 aromatic rings. The quantitative estimate of drug-likeness (QED) is 0.422. The van der Waals surface area contributed by atoms with Gasteiger partial charge in [-0.3, -0.25) is 19.7 Å². The molecule has 2 amide bonds. The van der Waals surface area contributed by atoms with Crippen molar-refractivity contribution in [3.8, 4) is 5.75 Å². The number of carbonyl (C=O) groups excluding carboxylic acids is 2. The second kappa shape index (κ2) is 9.71. The Morgan fingerprint density at radius 3 is 2.59 bits per heavy atom. The van der Waals surface area contributed by atoms with Crippen molar-refractivity contribution in [1.29, 1.82) is 0 Å². The molecule has 0 heterocycles. The molecule has 2 N–H and O–H groups in total. The maximum absolute atomic E-state index is 12.0. The van der Waals surface area contributed by atoms with Gasteiger partial charge in [-0.25, -0.2) is 0 Å². The third-order valence-corrected chi connectivity index (χ3v) is 3.55. The van der Waals surface area contributed by atoms with Crippen LogP contribution in [-0.2, 0) is 9.59 Å². The first-order chi connectivity index (χ1) is 13.0. The van der Waals surface area contributed by atoms with E-state index >= 15 is 0 Å². The minimum Gasteiger partial charge on any atom is -0.495 e. The number of nitrogens with one attached hydrogen (secondary N) is 2. The number of hydrogen-bond acceptors (Lipinski definition) is 5. The van der Waals surface area contributed by atoms with Gasteiger partial charge in [0.2, 0.25) is 11.8 Å². The van der Waals surface area contributed by atoms with Gasteiger partial charge < -0.3 is 15.4 Å². The van der Waals surface area contributed by atoms with Gasteiger partial charge in [0.25, 0.3) is 5.69 Å². The molecule has 2 rings (SSSR count). The van der Waals surface area contributed by atoms with Crippen molar-refractivity contribution in [3.63, 3.8) is 0 Å². The topological polar surface area (TPSA) is 111 Å². The molecule has 0 spiro atoms. The Hall–Kier alpha value is -3.68. The van der Waals surface area contributed by atoms with E-state index in [1.165, 1.54) is 31.4 Å². The first-order valence-electron chi connectivity index (χ1n) is 8.13. The molecule has 0 radical (unpaired) electrons. The summed E-state index contributed by atoms with van der Waals surface area (Å²) in [6.45, 7) is 0.126. The smallest absolute Gasteiger partial charge is 0.271 e. The summed E-state index contributed by atoms with van der Waals surface area (Å²) in [5.74, 6) is -0.413. The third-order valence-electron chi connectivity index (χ3n) is 3.55. The monoisotopic (exact) mass is 369 g/mol. The summed E-state index contributed by atoms with van der Waals surface area (Å²) in [5, 5.41) is 16.0. The third kappa shape index (κ3) is 6.28. The van der Waals surface area contributed by atoms with Gasteiger partial charge in [-0.1, -0.05) is 30.3 Å². The zero-order chi connectivity index (χ0) is 19.6. The first-order valence-corrected chi connectivity index (χ1v) is 8.13. The fourth-order valence-electron chi connectivity index (χ4n) is 2.21. The molecular formula is C19H19N3O5. The molecule has 0 aliphatic carbocycles. The number of nitro benzene ring substituents is 1. The molecule has 0 saturated carbocycles. The Bertz CT molecular complexity index is 850. The number of anilines is 1. The molecule has 0 bridgehead atoms. The average molecular weight is 369 g/mol. The number of benzene rings is 2. The van der Waals surface area contributed by atoms with Crippen LogP contribution in [0.3, 0.4) is 0 Å². The fraction of sp³-hybridized carbons (Fsp3) is 0.158. The number of rotatable bonds is 8. The summed E-state index contributed by atoms with van der Waals surface area (Å²) < 4.78 is 5.08. The van der Waals surface area contributed by atoms with E-state index < -0.39 is 10.8 Å². The first kappa shape index (κ1) is 19.6. The van der Waals surface area contributed by atoms with Crippen molar-refractivity contribution in [1.82, 2.24) is 5.32 Å². The number of carbonyl (C=O) groups is 2. The van der Waals surface area contributed by atoms with E-state index in [0.29, 0.717) is 5.75 Å². The van der Waals surface area contributed by atoms with Crippen LogP contribution >= 0.6 is 0 Å². The van der Waals surface area contributed by atoms with Crippen LogP contribution in [0.5, 0.6) is 5.75 Å². The van der Waals surface area contributed by atoms with Crippen molar-refractivity contribution in [3.05, 3.63) is 70.3 Å². The molecule has 0 aromatic heterocycles. The van der Waals surface area contributed by atoms with Crippen LogP contribution < -0.4 is 15.4 Å².